The second-order valence-corrected chi connectivity index (χ2v) is 7.32. The summed E-state index contributed by atoms with van der Waals surface area (Å²) in [6.45, 7) is 12.8. The van der Waals surface area contributed by atoms with Crippen LogP contribution in [-0.4, -0.2) is 68.0 Å². The topological polar surface area (TPSA) is 75.2 Å². The number of nitrogens with one attached hydrogen (secondary N) is 2. The van der Waals surface area contributed by atoms with Gasteiger partial charge in [0.25, 0.3) is 0 Å². The van der Waals surface area contributed by atoms with E-state index in [1.807, 2.05) is 34.6 Å². The standard InChI is InChI=1S/C17H34N4O3/c1-13(2)23-11-7-9-19-15(18-6)21-10-8-14(12-21)20-16(22)24-17(3,4)5/h13-14H,7-12H2,1-6H3,(H,18,19)(H,20,22). The molecule has 0 spiro atoms. The van der Waals surface area contributed by atoms with E-state index in [0.717, 1.165) is 45.0 Å². The van der Waals surface area contributed by atoms with E-state index in [-0.39, 0.29) is 18.2 Å². The van der Waals surface area contributed by atoms with Crippen LogP contribution in [0.3, 0.4) is 0 Å². The zero-order valence-electron chi connectivity index (χ0n) is 16.0. The Morgan fingerprint density at radius 3 is 2.67 bits per heavy atom. The summed E-state index contributed by atoms with van der Waals surface area (Å²) in [4.78, 5) is 18.3. The first kappa shape index (κ1) is 20.5. The number of aliphatic imine (C=N–C) groups is 1. The molecule has 0 aromatic rings. The van der Waals surface area contributed by atoms with Crippen LogP contribution in [-0.2, 0) is 9.47 Å². The lowest BCUT2D eigenvalue weighted by Crippen LogP contribution is -2.44. The molecule has 1 aliphatic rings. The molecule has 2 N–H and O–H groups in total. The van der Waals surface area contributed by atoms with Gasteiger partial charge in [0.2, 0.25) is 0 Å². The molecule has 7 heteroatoms. The third-order valence-corrected chi connectivity index (χ3v) is 3.48. The lowest BCUT2D eigenvalue weighted by Gasteiger charge is -2.23. The highest BCUT2D eigenvalue weighted by atomic mass is 16.6. The van der Waals surface area contributed by atoms with Gasteiger partial charge in [-0.1, -0.05) is 0 Å². The minimum atomic E-state index is -0.474. The molecule has 0 aromatic carbocycles. The van der Waals surface area contributed by atoms with Crippen molar-refractivity contribution in [3.05, 3.63) is 0 Å². The molecule has 0 aliphatic carbocycles. The molecule has 1 amide bonds. The summed E-state index contributed by atoms with van der Waals surface area (Å²) in [6, 6.07) is 0.0858. The number of hydrogen-bond donors (Lipinski definition) is 2. The smallest absolute Gasteiger partial charge is 0.407 e. The monoisotopic (exact) mass is 342 g/mol. The van der Waals surface area contributed by atoms with Crippen LogP contribution in [0, 0.1) is 0 Å². The Morgan fingerprint density at radius 2 is 2.08 bits per heavy atom. The molecule has 0 aromatic heterocycles. The van der Waals surface area contributed by atoms with Crippen LogP contribution in [0.1, 0.15) is 47.5 Å². The Morgan fingerprint density at radius 1 is 1.38 bits per heavy atom. The highest BCUT2D eigenvalue weighted by Crippen LogP contribution is 2.12. The van der Waals surface area contributed by atoms with E-state index in [1.165, 1.54) is 0 Å². The van der Waals surface area contributed by atoms with Crippen molar-refractivity contribution in [1.82, 2.24) is 15.5 Å². The summed E-state index contributed by atoms with van der Waals surface area (Å²) in [5.41, 5.74) is -0.474. The zero-order chi connectivity index (χ0) is 18.2. The third-order valence-electron chi connectivity index (χ3n) is 3.48. The number of carbonyl (C=O) groups is 1. The van der Waals surface area contributed by atoms with Gasteiger partial charge >= 0.3 is 6.09 Å². The molecular weight excluding hydrogens is 308 g/mol. The van der Waals surface area contributed by atoms with Crippen LogP contribution in [0.4, 0.5) is 4.79 Å². The summed E-state index contributed by atoms with van der Waals surface area (Å²) >= 11 is 0. The second kappa shape index (κ2) is 9.71. The summed E-state index contributed by atoms with van der Waals surface area (Å²) in [7, 11) is 1.78. The Hall–Kier alpha value is -1.50. The van der Waals surface area contributed by atoms with Crippen LogP contribution >= 0.6 is 0 Å². The summed E-state index contributed by atoms with van der Waals surface area (Å²) < 4.78 is 10.8. The van der Waals surface area contributed by atoms with E-state index in [1.54, 1.807) is 7.05 Å². The molecule has 1 atom stereocenters. The first-order valence-electron chi connectivity index (χ1n) is 8.78. The Kier molecular flexibility index (Phi) is 8.31. The molecule has 0 saturated carbocycles. The second-order valence-electron chi connectivity index (χ2n) is 7.32. The zero-order valence-corrected chi connectivity index (χ0v) is 16.0. The first-order valence-corrected chi connectivity index (χ1v) is 8.78. The number of nitrogens with zero attached hydrogens (tertiary/aromatic N) is 2. The van der Waals surface area contributed by atoms with Gasteiger partial charge in [0.1, 0.15) is 5.60 Å². The van der Waals surface area contributed by atoms with Crippen molar-refractivity contribution >= 4 is 12.1 Å². The maximum atomic E-state index is 11.8. The van der Waals surface area contributed by atoms with Gasteiger partial charge in [0.15, 0.2) is 5.96 Å². The fourth-order valence-electron chi connectivity index (χ4n) is 2.47. The fourth-order valence-corrected chi connectivity index (χ4v) is 2.47. The number of amides is 1. The largest absolute Gasteiger partial charge is 0.444 e. The number of ether oxygens (including phenoxy) is 2. The van der Waals surface area contributed by atoms with Crippen molar-refractivity contribution in [1.29, 1.82) is 0 Å². The lowest BCUT2D eigenvalue weighted by molar-refractivity contribution is 0.0507. The van der Waals surface area contributed by atoms with Gasteiger partial charge in [-0.3, -0.25) is 4.99 Å². The Balaban J connectivity index is 2.31. The van der Waals surface area contributed by atoms with Gasteiger partial charge < -0.3 is 25.0 Å². The average Bonchev–Trinajstić information content (AvgIpc) is 2.88. The highest BCUT2D eigenvalue weighted by Gasteiger charge is 2.27. The van der Waals surface area contributed by atoms with Gasteiger partial charge in [0.05, 0.1) is 12.1 Å². The number of guanidine groups is 1. The number of rotatable bonds is 6. The maximum absolute atomic E-state index is 11.8. The minimum Gasteiger partial charge on any atom is -0.444 e. The van der Waals surface area contributed by atoms with Crippen molar-refractivity contribution in [3.8, 4) is 0 Å². The molecule has 1 rings (SSSR count). The molecule has 24 heavy (non-hydrogen) atoms. The average molecular weight is 342 g/mol. The van der Waals surface area contributed by atoms with Crippen molar-refractivity contribution in [3.63, 3.8) is 0 Å². The Labute approximate surface area is 146 Å². The summed E-state index contributed by atoms with van der Waals surface area (Å²) in [6.07, 6.45) is 1.73. The molecule has 1 aliphatic heterocycles. The van der Waals surface area contributed by atoms with Crippen LogP contribution in [0.25, 0.3) is 0 Å². The fraction of sp³-hybridized carbons (Fsp3) is 0.882. The van der Waals surface area contributed by atoms with Crippen molar-refractivity contribution in [2.45, 2.75) is 65.2 Å². The van der Waals surface area contributed by atoms with Gasteiger partial charge in [0, 0.05) is 33.3 Å². The molecule has 7 nitrogen and oxygen atoms in total. The van der Waals surface area contributed by atoms with Crippen LogP contribution in [0.5, 0.6) is 0 Å². The molecule has 1 unspecified atom stereocenters. The van der Waals surface area contributed by atoms with Gasteiger partial charge in [-0.15, -0.1) is 0 Å². The summed E-state index contributed by atoms with van der Waals surface area (Å²) in [5, 5.41) is 6.28. The van der Waals surface area contributed by atoms with Gasteiger partial charge in [-0.25, -0.2) is 4.79 Å². The Bertz CT molecular complexity index is 419. The third kappa shape index (κ3) is 8.38. The van der Waals surface area contributed by atoms with E-state index in [9.17, 15) is 4.79 Å². The maximum Gasteiger partial charge on any atom is 0.407 e. The molecule has 1 fully saturated rings. The summed E-state index contributed by atoms with van der Waals surface area (Å²) in [5.74, 6) is 0.869. The predicted molar refractivity (Wildman–Crippen MR) is 96.4 cm³/mol. The van der Waals surface area contributed by atoms with Crippen molar-refractivity contribution in [2.24, 2.45) is 4.99 Å². The number of alkyl carbamates (subject to hydrolysis) is 1. The molecular formula is C17H34N4O3. The van der Waals surface area contributed by atoms with E-state index in [0.29, 0.717) is 0 Å². The number of carbonyl (C=O) groups excluding carboxylic acids is 1. The van der Waals surface area contributed by atoms with E-state index >= 15 is 0 Å². The van der Waals surface area contributed by atoms with Gasteiger partial charge in [-0.05, 0) is 47.5 Å². The van der Waals surface area contributed by atoms with Crippen molar-refractivity contribution < 1.29 is 14.3 Å². The first-order chi connectivity index (χ1) is 11.2. The van der Waals surface area contributed by atoms with Crippen LogP contribution in [0.2, 0.25) is 0 Å². The molecule has 1 saturated heterocycles. The molecule has 0 radical (unpaired) electrons. The van der Waals surface area contributed by atoms with Crippen LogP contribution in [0.15, 0.2) is 4.99 Å². The van der Waals surface area contributed by atoms with E-state index < -0.39 is 5.60 Å². The number of hydrogen-bond acceptors (Lipinski definition) is 4. The SMILES string of the molecule is CN=C(NCCCOC(C)C)N1CCC(NC(=O)OC(C)(C)C)C1. The number of likely N-dealkylation sites (tertiary alicyclic amines) is 1. The normalized spacial score (nSPS) is 18.9. The van der Waals surface area contributed by atoms with Crippen molar-refractivity contribution in [2.75, 3.05) is 33.3 Å². The quantitative estimate of drug-likeness (QED) is 0.438. The van der Waals surface area contributed by atoms with E-state index in [2.05, 4.69) is 20.5 Å². The molecule has 0 bridgehead atoms. The van der Waals surface area contributed by atoms with Crippen LogP contribution < -0.4 is 10.6 Å². The molecule has 1 heterocycles. The predicted octanol–water partition coefficient (Wildman–Crippen LogP) is 1.98. The lowest BCUT2D eigenvalue weighted by atomic mass is 10.2. The van der Waals surface area contributed by atoms with E-state index in [4.69, 9.17) is 9.47 Å². The minimum absolute atomic E-state index is 0.0858. The highest BCUT2D eigenvalue weighted by molar-refractivity contribution is 5.80. The molecule has 140 valence electrons. The van der Waals surface area contributed by atoms with Gasteiger partial charge in [-0.2, -0.15) is 0 Å².